The Hall–Kier alpha value is -3.21. The molecule has 0 saturated heterocycles. The Labute approximate surface area is 159 Å². The number of nitrogens with one attached hydrogen (secondary N) is 1. The predicted octanol–water partition coefficient (Wildman–Crippen LogP) is 3.50. The number of ether oxygens (including phenoxy) is 1. The number of carbonyl (C=O) groups excluding carboxylic acids is 1. The average molecular weight is 361 g/mol. The van der Waals surface area contributed by atoms with E-state index in [0.717, 1.165) is 22.4 Å². The molecule has 1 aromatic heterocycles. The number of aryl methyl sites for hydroxylation is 2. The van der Waals surface area contributed by atoms with Crippen molar-refractivity contribution >= 4 is 5.91 Å². The molecule has 0 radical (unpaired) electrons. The van der Waals surface area contributed by atoms with Crippen LogP contribution in [0.1, 0.15) is 16.7 Å². The molecular formula is C22H23N3O2. The quantitative estimate of drug-likeness (QED) is 0.654. The Morgan fingerprint density at radius 3 is 2.48 bits per heavy atom. The van der Waals surface area contributed by atoms with Gasteiger partial charge in [-0.15, -0.1) is 10.2 Å². The summed E-state index contributed by atoms with van der Waals surface area (Å²) in [5, 5.41) is 11.1. The van der Waals surface area contributed by atoms with Crippen LogP contribution in [0.3, 0.4) is 0 Å². The molecule has 1 N–H and O–H groups in total. The summed E-state index contributed by atoms with van der Waals surface area (Å²) in [6.45, 7) is 4.83. The van der Waals surface area contributed by atoms with E-state index in [1.807, 2.05) is 68.4 Å². The average Bonchev–Trinajstić information content (AvgIpc) is 2.66. The van der Waals surface area contributed by atoms with Crippen molar-refractivity contribution in [2.24, 2.45) is 0 Å². The molecule has 2 aromatic carbocycles. The molecule has 3 aromatic rings. The lowest BCUT2D eigenvalue weighted by Gasteiger charge is -2.08. The smallest absolute Gasteiger partial charge is 0.233 e. The van der Waals surface area contributed by atoms with E-state index in [0.29, 0.717) is 25.5 Å². The molecule has 0 unspecified atom stereocenters. The number of carbonyl (C=O) groups is 1. The van der Waals surface area contributed by atoms with Crippen LogP contribution >= 0.6 is 0 Å². The van der Waals surface area contributed by atoms with Gasteiger partial charge < -0.3 is 10.1 Å². The van der Waals surface area contributed by atoms with Crippen LogP contribution in [0, 0.1) is 13.8 Å². The van der Waals surface area contributed by atoms with Gasteiger partial charge >= 0.3 is 0 Å². The molecule has 138 valence electrons. The van der Waals surface area contributed by atoms with Crippen molar-refractivity contribution in [1.29, 1.82) is 0 Å². The summed E-state index contributed by atoms with van der Waals surface area (Å²) in [7, 11) is 0. The van der Waals surface area contributed by atoms with E-state index in [1.54, 1.807) is 6.07 Å². The highest BCUT2D eigenvalue weighted by atomic mass is 16.5. The van der Waals surface area contributed by atoms with Crippen molar-refractivity contribution in [3.8, 4) is 17.1 Å². The van der Waals surface area contributed by atoms with E-state index in [4.69, 9.17) is 4.74 Å². The Morgan fingerprint density at radius 2 is 1.78 bits per heavy atom. The number of aromatic nitrogens is 2. The van der Waals surface area contributed by atoms with Crippen molar-refractivity contribution in [2.75, 3.05) is 13.2 Å². The third-order valence-electron chi connectivity index (χ3n) is 4.11. The minimum atomic E-state index is -0.0231. The summed E-state index contributed by atoms with van der Waals surface area (Å²) in [6.07, 6.45) is 0.368. The molecule has 1 amide bonds. The largest absolute Gasteiger partial charge is 0.475 e. The molecule has 3 rings (SSSR count). The van der Waals surface area contributed by atoms with Gasteiger partial charge in [-0.25, -0.2) is 0 Å². The maximum atomic E-state index is 12.0. The Balaban J connectivity index is 1.42. The monoisotopic (exact) mass is 361 g/mol. The fourth-order valence-corrected chi connectivity index (χ4v) is 2.69. The molecule has 0 aliphatic heterocycles. The lowest BCUT2D eigenvalue weighted by molar-refractivity contribution is -0.120. The molecule has 0 atom stereocenters. The molecule has 0 aliphatic rings. The third-order valence-corrected chi connectivity index (χ3v) is 4.11. The van der Waals surface area contributed by atoms with Crippen LogP contribution in [0.4, 0.5) is 0 Å². The van der Waals surface area contributed by atoms with E-state index >= 15 is 0 Å². The van der Waals surface area contributed by atoms with Gasteiger partial charge in [-0.05, 0) is 25.5 Å². The maximum Gasteiger partial charge on any atom is 0.233 e. The Morgan fingerprint density at radius 1 is 0.963 bits per heavy atom. The molecule has 5 heteroatoms. The SMILES string of the molecule is Cc1ccc(-c2ccc(OCCNC(=O)Cc3cccc(C)c3)nn2)cc1. The van der Waals surface area contributed by atoms with Crippen LogP contribution in [0.2, 0.25) is 0 Å². The van der Waals surface area contributed by atoms with Gasteiger partial charge in [0.2, 0.25) is 11.8 Å². The topological polar surface area (TPSA) is 64.1 Å². The van der Waals surface area contributed by atoms with Gasteiger partial charge in [-0.1, -0.05) is 59.7 Å². The number of amides is 1. The zero-order valence-corrected chi connectivity index (χ0v) is 15.6. The highest BCUT2D eigenvalue weighted by Gasteiger charge is 2.04. The zero-order chi connectivity index (χ0) is 19.1. The fourth-order valence-electron chi connectivity index (χ4n) is 2.69. The summed E-state index contributed by atoms with van der Waals surface area (Å²) in [5.41, 5.74) is 5.18. The highest BCUT2D eigenvalue weighted by molar-refractivity contribution is 5.78. The van der Waals surface area contributed by atoms with Crippen molar-refractivity contribution in [3.63, 3.8) is 0 Å². The molecule has 0 saturated carbocycles. The Kier molecular flexibility index (Phi) is 6.15. The molecule has 0 bridgehead atoms. The lowest BCUT2D eigenvalue weighted by Crippen LogP contribution is -2.29. The van der Waals surface area contributed by atoms with Gasteiger partial charge in [0.15, 0.2) is 0 Å². The summed E-state index contributed by atoms with van der Waals surface area (Å²) >= 11 is 0. The molecule has 27 heavy (non-hydrogen) atoms. The van der Waals surface area contributed by atoms with Gasteiger partial charge in [-0.3, -0.25) is 4.79 Å². The maximum absolute atomic E-state index is 12.0. The van der Waals surface area contributed by atoms with E-state index < -0.39 is 0 Å². The van der Waals surface area contributed by atoms with Gasteiger partial charge in [0.25, 0.3) is 0 Å². The second-order valence-corrected chi connectivity index (χ2v) is 6.49. The molecule has 0 spiro atoms. The number of rotatable bonds is 7. The fraction of sp³-hybridized carbons (Fsp3) is 0.227. The molecule has 1 heterocycles. The zero-order valence-electron chi connectivity index (χ0n) is 15.6. The van der Waals surface area contributed by atoms with E-state index in [1.165, 1.54) is 5.56 Å². The lowest BCUT2D eigenvalue weighted by atomic mass is 10.1. The van der Waals surface area contributed by atoms with Gasteiger partial charge in [0.1, 0.15) is 6.61 Å². The van der Waals surface area contributed by atoms with Crippen LogP contribution in [0.5, 0.6) is 5.88 Å². The number of nitrogens with zero attached hydrogens (tertiary/aromatic N) is 2. The molecular weight excluding hydrogens is 338 g/mol. The molecule has 0 fully saturated rings. The first-order valence-corrected chi connectivity index (χ1v) is 8.96. The minimum Gasteiger partial charge on any atom is -0.475 e. The molecule has 0 aliphatic carbocycles. The first kappa shape index (κ1) is 18.6. The van der Waals surface area contributed by atoms with Gasteiger partial charge in [-0.2, -0.15) is 0 Å². The first-order chi connectivity index (χ1) is 13.1. The van der Waals surface area contributed by atoms with Crippen LogP contribution in [0.15, 0.2) is 60.7 Å². The standard InChI is InChI=1S/C22H23N3O2/c1-16-6-8-19(9-7-16)20-10-11-22(25-24-20)27-13-12-23-21(26)15-18-5-3-4-17(2)14-18/h3-11,14H,12-13,15H2,1-2H3,(H,23,26). The van der Waals surface area contributed by atoms with E-state index in [9.17, 15) is 4.79 Å². The van der Waals surface area contributed by atoms with Crippen LogP contribution < -0.4 is 10.1 Å². The minimum absolute atomic E-state index is 0.0231. The second-order valence-electron chi connectivity index (χ2n) is 6.49. The van der Waals surface area contributed by atoms with Crippen molar-refractivity contribution < 1.29 is 9.53 Å². The first-order valence-electron chi connectivity index (χ1n) is 8.96. The molecule has 5 nitrogen and oxygen atoms in total. The summed E-state index contributed by atoms with van der Waals surface area (Å²) in [4.78, 5) is 12.0. The number of benzene rings is 2. The summed E-state index contributed by atoms with van der Waals surface area (Å²) in [6, 6.07) is 19.7. The van der Waals surface area contributed by atoms with Gasteiger partial charge in [0, 0.05) is 11.6 Å². The number of hydrogen-bond acceptors (Lipinski definition) is 4. The second kappa shape index (κ2) is 8.94. The summed E-state index contributed by atoms with van der Waals surface area (Å²) in [5.74, 6) is 0.420. The van der Waals surface area contributed by atoms with E-state index in [2.05, 4.69) is 15.5 Å². The highest BCUT2D eigenvalue weighted by Crippen LogP contribution is 2.18. The van der Waals surface area contributed by atoms with Crippen molar-refractivity contribution in [2.45, 2.75) is 20.3 Å². The van der Waals surface area contributed by atoms with Crippen molar-refractivity contribution in [3.05, 3.63) is 77.4 Å². The van der Waals surface area contributed by atoms with Crippen molar-refractivity contribution in [1.82, 2.24) is 15.5 Å². The van der Waals surface area contributed by atoms with Crippen LogP contribution in [-0.4, -0.2) is 29.3 Å². The van der Waals surface area contributed by atoms with Crippen LogP contribution in [0.25, 0.3) is 11.3 Å². The Bertz CT molecular complexity index is 890. The van der Waals surface area contributed by atoms with Crippen LogP contribution in [-0.2, 0) is 11.2 Å². The normalized spacial score (nSPS) is 10.4. The predicted molar refractivity (Wildman–Crippen MR) is 106 cm³/mol. The third kappa shape index (κ3) is 5.64. The van der Waals surface area contributed by atoms with Gasteiger partial charge in [0.05, 0.1) is 18.7 Å². The summed E-state index contributed by atoms with van der Waals surface area (Å²) < 4.78 is 5.55. The number of hydrogen-bond donors (Lipinski definition) is 1. The van der Waals surface area contributed by atoms with E-state index in [-0.39, 0.29) is 5.91 Å².